The van der Waals surface area contributed by atoms with Crippen LogP contribution < -0.4 is 10.5 Å². The van der Waals surface area contributed by atoms with Crippen molar-refractivity contribution in [2.24, 2.45) is 5.73 Å². The molecule has 6 heteroatoms. The van der Waals surface area contributed by atoms with Crippen LogP contribution in [0.4, 0.5) is 5.69 Å². The molecule has 0 spiro atoms. The SMILES string of the molecule is Cc1nc(OCC2(N)CCCC2)ccc1[N+](=O)[O-]. The zero-order valence-corrected chi connectivity index (χ0v) is 10.4. The lowest BCUT2D eigenvalue weighted by Gasteiger charge is -2.23. The van der Waals surface area contributed by atoms with Gasteiger partial charge in [0.15, 0.2) is 0 Å². The van der Waals surface area contributed by atoms with Crippen molar-refractivity contribution < 1.29 is 9.66 Å². The van der Waals surface area contributed by atoms with Crippen LogP contribution in [0.15, 0.2) is 12.1 Å². The zero-order chi connectivity index (χ0) is 13.2. The molecule has 98 valence electrons. The molecule has 0 radical (unpaired) electrons. The van der Waals surface area contributed by atoms with Crippen molar-refractivity contribution >= 4 is 5.69 Å². The fraction of sp³-hybridized carbons (Fsp3) is 0.583. The molecule has 2 N–H and O–H groups in total. The standard InChI is InChI=1S/C12H17N3O3/c1-9-10(15(16)17)4-5-11(14-9)18-8-12(13)6-2-3-7-12/h4-5H,2-3,6-8,13H2,1H3. The summed E-state index contributed by atoms with van der Waals surface area (Å²) in [5.74, 6) is 0.398. The third kappa shape index (κ3) is 2.76. The van der Waals surface area contributed by atoms with Gasteiger partial charge in [-0.1, -0.05) is 12.8 Å². The number of nitrogens with zero attached hydrogens (tertiary/aromatic N) is 2. The van der Waals surface area contributed by atoms with E-state index >= 15 is 0 Å². The van der Waals surface area contributed by atoms with Crippen LogP contribution in [-0.2, 0) is 0 Å². The summed E-state index contributed by atoms with van der Waals surface area (Å²) < 4.78 is 5.55. The fourth-order valence-corrected chi connectivity index (χ4v) is 2.25. The smallest absolute Gasteiger partial charge is 0.290 e. The number of aromatic nitrogens is 1. The van der Waals surface area contributed by atoms with Gasteiger partial charge in [0, 0.05) is 12.1 Å². The third-order valence-electron chi connectivity index (χ3n) is 3.34. The van der Waals surface area contributed by atoms with E-state index < -0.39 is 4.92 Å². The van der Waals surface area contributed by atoms with E-state index in [0.717, 1.165) is 25.7 Å². The first-order valence-corrected chi connectivity index (χ1v) is 6.04. The minimum Gasteiger partial charge on any atom is -0.476 e. The first kappa shape index (κ1) is 12.8. The summed E-state index contributed by atoms with van der Waals surface area (Å²) in [6, 6.07) is 2.93. The molecule has 0 aromatic carbocycles. The van der Waals surface area contributed by atoms with Gasteiger partial charge in [-0.05, 0) is 19.8 Å². The average molecular weight is 251 g/mol. The van der Waals surface area contributed by atoms with E-state index in [2.05, 4.69) is 4.98 Å². The molecule has 6 nitrogen and oxygen atoms in total. The molecule has 0 bridgehead atoms. The molecule has 1 saturated carbocycles. The zero-order valence-electron chi connectivity index (χ0n) is 10.4. The molecule has 18 heavy (non-hydrogen) atoms. The summed E-state index contributed by atoms with van der Waals surface area (Å²) in [5.41, 5.74) is 6.26. The number of ether oxygens (including phenoxy) is 1. The molecular weight excluding hydrogens is 234 g/mol. The number of pyridine rings is 1. The van der Waals surface area contributed by atoms with Gasteiger partial charge in [-0.25, -0.2) is 4.98 Å². The van der Waals surface area contributed by atoms with E-state index in [-0.39, 0.29) is 11.2 Å². The highest BCUT2D eigenvalue weighted by molar-refractivity contribution is 5.36. The highest BCUT2D eigenvalue weighted by atomic mass is 16.6. The van der Waals surface area contributed by atoms with E-state index in [1.54, 1.807) is 6.92 Å². The quantitative estimate of drug-likeness (QED) is 0.652. The van der Waals surface area contributed by atoms with Gasteiger partial charge in [-0.15, -0.1) is 0 Å². The number of nitrogens with two attached hydrogens (primary N) is 1. The van der Waals surface area contributed by atoms with Gasteiger partial charge in [0.05, 0.1) is 10.5 Å². The van der Waals surface area contributed by atoms with Crippen molar-refractivity contribution in [3.8, 4) is 5.88 Å². The Hall–Kier alpha value is -1.69. The summed E-state index contributed by atoms with van der Waals surface area (Å²) in [5, 5.41) is 10.7. The summed E-state index contributed by atoms with van der Waals surface area (Å²) in [6.45, 7) is 2.01. The van der Waals surface area contributed by atoms with E-state index in [1.807, 2.05) is 0 Å². The highest BCUT2D eigenvalue weighted by Gasteiger charge is 2.30. The number of hydrogen-bond donors (Lipinski definition) is 1. The van der Waals surface area contributed by atoms with Crippen molar-refractivity contribution in [3.63, 3.8) is 0 Å². The van der Waals surface area contributed by atoms with E-state index in [0.29, 0.717) is 18.2 Å². The minimum absolute atomic E-state index is 0.00526. The highest BCUT2D eigenvalue weighted by Crippen LogP contribution is 2.28. The predicted octanol–water partition coefficient (Wildman–Crippen LogP) is 1.95. The van der Waals surface area contributed by atoms with Crippen LogP contribution in [0.5, 0.6) is 5.88 Å². The van der Waals surface area contributed by atoms with Gasteiger partial charge >= 0.3 is 0 Å². The molecule has 0 aliphatic heterocycles. The molecule has 0 amide bonds. The molecular formula is C12H17N3O3. The summed E-state index contributed by atoms with van der Waals surface area (Å²) in [7, 11) is 0. The molecule has 1 heterocycles. The Morgan fingerprint density at radius 2 is 2.17 bits per heavy atom. The fourth-order valence-electron chi connectivity index (χ4n) is 2.25. The Balaban J connectivity index is 2.02. The van der Waals surface area contributed by atoms with Crippen LogP contribution in [0.1, 0.15) is 31.4 Å². The van der Waals surface area contributed by atoms with E-state index in [1.165, 1.54) is 12.1 Å². The van der Waals surface area contributed by atoms with E-state index in [9.17, 15) is 10.1 Å². The van der Waals surface area contributed by atoms with Gasteiger partial charge in [0.2, 0.25) is 5.88 Å². The number of nitro groups is 1. The third-order valence-corrected chi connectivity index (χ3v) is 3.34. The maximum atomic E-state index is 10.7. The Bertz CT molecular complexity index is 456. The molecule has 1 aromatic rings. The number of rotatable bonds is 4. The van der Waals surface area contributed by atoms with Gasteiger partial charge in [-0.3, -0.25) is 10.1 Å². The first-order chi connectivity index (χ1) is 8.50. The maximum absolute atomic E-state index is 10.7. The van der Waals surface area contributed by atoms with Crippen molar-refractivity contribution in [2.75, 3.05) is 6.61 Å². The van der Waals surface area contributed by atoms with E-state index in [4.69, 9.17) is 10.5 Å². The minimum atomic E-state index is -0.451. The second kappa shape index (κ2) is 4.89. The Labute approximate surface area is 105 Å². The van der Waals surface area contributed by atoms with Crippen LogP contribution >= 0.6 is 0 Å². The van der Waals surface area contributed by atoms with Crippen molar-refractivity contribution in [1.82, 2.24) is 4.98 Å². The largest absolute Gasteiger partial charge is 0.476 e. The van der Waals surface area contributed by atoms with Gasteiger partial charge in [0.25, 0.3) is 5.69 Å². The van der Waals surface area contributed by atoms with Gasteiger partial charge < -0.3 is 10.5 Å². The lowest BCUT2D eigenvalue weighted by Crippen LogP contribution is -2.42. The van der Waals surface area contributed by atoms with Crippen molar-refractivity contribution in [2.45, 2.75) is 38.1 Å². The molecule has 0 unspecified atom stereocenters. The van der Waals surface area contributed by atoms with Crippen LogP contribution in [0, 0.1) is 17.0 Å². The molecule has 1 aromatic heterocycles. The van der Waals surface area contributed by atoms with Gasteiger partial charge in [-0.2, -0.15) is 0 Å². The molecule has 1 aliphatic rings. The van der Waals surface area contributed by atoms with Crippen LogP contribution in [-0.4, -0.2) is 22.1 Å². The van der Waals surface area contributed by atoms with Crippen molar-refractivity contribution in [1.29, 1.82) is 0 Å². The van der Waals surface area contributed by atoms with Crippen LogP contribution in [0.2, 0.25) is 0 Å². The second-order valence-electron chi connectivity index (χ2n) is 4.87. The normalized spacial score (nSPS) is 17.7. The van der Waals surface area contributed by atoms with Crippen LogP contribution in [0.3, 0.4) is 0 Å². The maximum Gasteiger partial charge on any atom is 0.290 e. The van der Waals surface area contributed by atoms with Crippen molar-refractivity contribution in [3.05, 3.63) is 27.9 Å². The monoisotopic (exact) mass is 251 g/mol. The molecule has 0 saturated heterocycles. The lowest BCUT2D eigenvalue weighted by atomic mass is 10.0. The molecule has 0 atom stereocenters. The van der Waals surface area contributed by atoms with Gasteiger partial charge in [0.1, 0.15) is 12.3 Å². The molecule has 2 rings (SSSR count). The Kier molecular flexibility index (Phi) is 3.47. The second-order valence-corrected chi connectivity index (χ2v) is 4.87. The van der Waals surface area contributed by atoms with Crippen LogP contribution in [0.25, 0.3) is 0 Å². The average Bonchev–Trinajstić information content (AvgIpc) is 2.74. The number of aryl methyl sites for hydroxylation is 1. The lowest BCUT2D eigenvalue weighted by molar-refractivity contribution is -0.385. The summed E-state index contributed by atoms with van der Waals surface area (Å²) >= 11 is 0. The first-order valence-electron chi connectivity index (χ1n) is 6.04. The summed E-state index contributed by atoms with van der Waals surface area (Å²) in [6.07, 6.45) is 4.18. The topological polar surface area (TPSA) is 91.3 Å². The Morgan fingerprint density at radius 3 is 2.72 bits per heavy atom. The number of hydrogen-bond acceptors (Lipinski definition) is 5. The predicted molar refractivity (Wildman–Crippen MR) is 66.5 cm³/mol. The summed E-state index contributed by atoms with van der Waals surface area (Å²) in [4.78, 5) is 14.3. The Morgan fingerprint density at radius 1 is 1.50 bits per heavy atom. The molecule has 1 aliphatic carbocycles. The molecule has 1 fully saturated rings.